The number of nitrogen functional groups attached to an aromatic ring is 1. The number of hydrogen-bond acceptors (Lipinski definition) is 4. The van der Waals surface area contributed by atoms with Crippen LogP contribution >= 0.6 is 0 Å². The van der Waals surface area contributed by atoms with Crippen LogP contribution in [0.5, 0.6) is 5.75 Å². The van der Waals surface area contributed by atoms with Crippen LogP contribution in [0.1, 0.15) is 16.7 Å². The quantitative estimate of drug-likeness (QED) is 0.554. The Labute approximate surface area is 146 Å². The van der Waals surface area contributed by atoms with Crippen LogP contribution < -0.4 is 5.73 Å². The summed E-state index contributed by atoms with van der Waals surface area (Å²) in [4.78, 5) is 8.98. The van der Waals surface area contributed by atoms with Crippen LogP contribution in [0.3, 0.4) is 0 Å². The van der Waals surface area contributed by atoms with Crippen molar-refractivity contribution in [1.82, 2.24) is 9.97 Å². The summed E-state index contributed by atoms with van der Waals surface area (Å²) < 4.78 is 0. The van der Waals surface area contributed by atoms with Crippen molar-refractivity contribution in [3.8, 4) is 5.75 Å². The van der Waals surface area contributed by atoms with E-state index in [0.717, 1.165) is 40.2 Å². The molecule has 0 aliphatic heterocycles. The highest BCUT2D eigenvalue weighted by molar-refractivity contribution is 6.09. The molecule has 0 unspecified atom stereocenters. The number of phenolic OH excluding ortho intramolecular Hbond substituents is 1. The number of aryl methyl sites for hydroxylation is 3. The number of aromatic nitrogens is 2. The van der Waals surface area contributed by atoms with Gasteiger partial charge in [0.2, 0.25) is 0 Å². The van der Waals surface area contributed by atoms with E-state index in [1.165, 1.54) is 11.1 Å². The normalized spacial score (nSPS) is 11.2. The predicted octanol–water partition coefficient (Wildman–Crippen LogP) is 4.16. The van der Waals surface area contributed by atoms with Crippen molar-refractivity contribution >= 4 is 27.6 Å². The highest BCUT2D eigenvalue weighted by atomic mass is 16.3. The second-order valence-electron chi connectivity index (χ2n) is 6.38. The van der Waals surface area contributed by atoms with E-state index >= 15 is 0 Å². The molecule has 2 aromatic carbocycles. The number of nitrogens with two attached hydrogens (primary N) is 1. The van der Waals surface area contributed by atoms with Gasteiger partial charge in [-0.15, -0.1) is 0 Å². The molecule has 2 heterocycles. The number of nitrogens with zero attached hydrogens (tertiary/aromatic N) is 2. The molecule has 2 aromatic heterocycles. The first-order chi connectivity index (χ1) is 12.1. The first kappa shape index (κ1) is 15.4. The van der Waals surface area contributed by atoms with Gasteiger partial charge in [0.15, 0.2) is 5.82 Å². The van der Waals surface area contributed by atoms with Crippen LogP contribution in [0.15, 0.2) is 54.7 Å². The fourth-order valence-corrected chi connectivity index (χ4v) is 3.27. The molecule has 4 nitrogen and oxygen atoms in total. The zero-order valence-electron chi connectivity index (χ0n) is 14.0. The molecule has 4 rings (SSSR count). The standard InChI is InChI=1S/C21H19N3O/c1-13-2-9-17-18(12-13)24-21(22)20-19(17)15(10-11-23-20)6-3-14-4-7-16(25)8-5-14/h2,4-5,7-12,25H,3,6H2,1H3,(H2,22,24). The molecule has 0 bridgehead atoms. The van der Waals surface area contributed by atoms with Gasteiger partial charge in [-0.2, -0.15) is 0 Å². The monoisotopic (exact) mass is 329 g/mol. The summed E-state index contributed by atoms with van der Waals surface area (Å²) in [6.45, 7) is 2.05. The Bertz CT molecular complexity index is 1070. The maximum Gasteiger partial charge on any atom is 0.150 e. The molecule has 0 saturated heterocycles. The molecule has 0 atom stereocenters. The van der Waals surface area contributed by atoms with Crippen molar-refractivity contribution in [3.63, 3.8) is 0 Å². The Morgan fingerprint density at radius 3 is 2.60 bits per heavy atom. The predicted molar refractivity (Wildman–Crippen MR) is 102 cm³/mol. The number of pyridine rings is 2. The van der Waals surface area contributed by atoms with Gasteiger partial charge in [0.25, 0.3) is 0 Å². The summed E-state index contributed by atoms with van der Waals surface area (Å²) in [6.07, 6.45) is 3.55. The highest BCUT2D eigenvalue weighted by Crippen LogP contribution is 2.30. The zero-order valence-corrected chi connectivity index (χ0v) is 14.0. The Morgan fingerprint density at radius 2 is 1.80 bits per heavy atom. The lowest BCUT2D eigenvalue weighted by molar-refractivity contribution is 0.475. The molecule has 25 heavy (non-hydrogen) atoms. The molecule has 0 fully saturated rings. The van der Waals surface area contributed by atoms with Crippen molar-refractivity contribution in [3.05, 3.63) is 71.4 Å². The minimum Gasteiger partial charge on any atom is -0.508 e. The Balaban J connectivity index is 1.83. The van der Waals surface area contributed by atoms with Crippen LogP contribution in [0.2, 0.25) is 0 Å². The first-order valence-electron chi connectivity index (χ1n) is 8.33. The van der Waals surface area contributed by atoms with Gasteiger partial charge in [0.05, 0.1) is 5.52 Å². The largest absolute Gasteiger partial charge is 0.508 e. The van der Waals surface area contributed by atoms with Crippen molar-refractivity contribution in [1.29, 1.82) is 0 Å². The summed E-state index contributed by atoms with van der Waals surface area (Å²) in [5.74, 6) is 0.762. The topological polar surface area (TPSA) is 72.0 Å². The fraction of sp³-hybridized carbons (Fsp3) is 0.143. The minimum atomic E-state index is 0.290. The zero-order chi connectivity index (χ0) is 17.4. The van der Waals surface area contributed by atoms with E-state index in [-0.39, 0.29) is 0 Å². The van der Waals surface area contributed by atoms with Gasteiger partial charge in [-0.05, 0) is 60.7 Å². The van der Waals surface area contributed by atoms with Gasteiger partial charge >= 0.3 is 0 Å². The molecule has 3 N–H and O–H groups in total. The summed E-state index contributed by atoms with van der Waals surface area (Å²) in [5, 5.41) is 11.6. The number of aromatic hydroxyl groups is 1. The van der Waals surface area contributed by atoms with Crippen LogP contribution in [0.25, 0.3) is 21.8 Å². The smallest absolute Gasteiger partial charge is 0.150 e. The van der Waals surface area contributed by atoms with E-state index in [9.17, 15) is 5.11 Å². The molecule has 0 amide bonds. The van der Waals surface area contributed by atoms with Crippen molar-refractivity contribution in [2.75, 3.05) is 5.73 Å². The van der Waals surface area contributed by atoms with Gasteiger partial charge in [0, 0.05) is 17.0 Å². The third-order valence-corrected chi connectivity index (χ3v) is 4.56. The van der Waals surface area contributed by atoms with E-state index in [0.29, 0.717) is 11.6 Å². The fourth-order valence-electron chi connectivity index (χ4n) is 3.27. The Hall–Kier alpha value is -3.14. The van der Waals surface area contributed by atoms with Crippen LogP contribution in [-0.4, -0.2) is 15.1 Å². The third-order valence-electron chi connectivity index (χ3n) is 4.56. The lowest BCUT2D eigenvalue weighted by Gasteiger charge is -2.11. The molecule has 0 aliphatic rings. The molecule has 0 radical (unpaired) electrons. The van der Waals surface area contributed by atoms with Crippen LogP contribution in [-0.2, 0) is 12.8 Å². The summed E-state index contributed by atoms with van der Waals surface area (Å²) in [6, 6.07) is 15.7. The third kappa shape index (κ3) is 2.87. The van der Waals surface area contributed by atoms with E-state index in [1.807, 2.05) is 12.1 Å². The van der Waals surface area contributed by atoms with Crippen LogP contribution in [0.4, 0.5) is 5.82 Å². The Morgan fingerprint density at radius 1 is 1.00 bits per heavy atom. The molecule has 4 aromatic rings. The maximum absolute atomic E-state index is 9.43. The van der Waals surface area contributed by atoms with E-state index in [1.54, 1.807) is 18.3 Å². The minimum absolute atomic E-state index is 0.290. The molecule has 4 heteroatoms. The number of anilines is 1. The summed E-state index contributed by atoms with van der Waals surface area (Å²) >= 11 is 0. The number of rotatable bonds is 3. The summed E-state index contributed by atoms with van der Waals surface area (Å²) in [5.41, 5.74) is 11.4. The van der Waals surface area contributed by atoms with Gasteiger partial charge in [-0.25, -0.2) is 4.98 Å². The van der Waals surface area contributed by atoms with Crippen molar-refractivity contribution in [2.45, 2.75) is 19.8 Å². The van der Waals surface area contributed by atoms with E-state index < -0.39 is 0 Å². The van der Waals surface area contributed by atoms with Crippen molar-refractivity contribution in [2.24, 2.45) is 0 Å². The average Bonchev–Trinajstić information content (AvgIpc) is 2.61. The van der Waals surface area contributed by atoms with E-state index in [2.05, 4.69) is 41.2 Å². The van der Waals surface area contributed by atoms with Gasteiger partial charge in [-0.3, -0.25) is 4.98 Å². The van der Waals surface area contributed by atoms with Gasteiger partial charge < -0.3 is 10.8 Å². The van der Waals surface area contributed by atoms with Gasteiger partial charge in [-0.1, -0.05) is 24.3 Å². The highest BCUT2D eigenvalue weighted by Gasteiger charge is 2.11. The Kier molecular flexibility index (Phi) is 3.73. The number of hydrogen-bond donors (Lipinski definition) is 2. The second kappa shape index (κ2) is 6.06. The van der Waals surface area contributed by atoms with Crippen LogP contribution in [0, 0.1) is 6.92 Å². The molecule has 0 aliphatic carbocycles. The molecular weight excluding hydrogens is 310 g/mol. The second-order valence-corrected chi connectivity index (χ2v) is 6.38. The molecular formula is C21H19N3O. The average molecular weight is 329 g/mol. The van der Waals surface area contributed by atoms with E-state index in [4.69, 9.17) is 5.73 Å². The maximum atomic E-state index is 9.43. The lowest BCUT2D eigenvalue weighted by Crippen LogP contribution is -1.99. The van der Waals surface area contributed by atoms with Gasteiger partial charge in [0.1, 0.15) is 11.3 Å². The molecule has 0 saturated carbocycles. The molecule has 124 valence electrons. The molecule has 0 spiro atoms. The number of benzene rings is 2. The first-order valence-corrected chi connectivity index (χ1v) is 8.33. The summed E-state index contributed by atoms with van der Waals surface area (Å²) in [7, 11) is 0. The SMILES string of the molecule is Cc1ccc2c(c1)nc(N)c1nccc(CCc3ccc(O)cc3)c12. The number of fused-ring (bicyclic) bond motifs is 3. The number of phenols is 1. The van der Waals surface area contributed by atoms with Crippen molar-refractivity contribution < 1.29 is 5.11 Å². The lowest BCUT2D eigenvalue weighted by atomic mass is 9.98.